The van der Waals surface area contributed by atoms with E-state index in [-0.39, 0.29) is 22.6 Å². The lowest BCUT2D eigenvalue weighted by atomic mass is 10.1. The van der Waals surface area contributed by atoms with Crippen molar-refractivity contribution in [3.05, 3.63) is 84.3 Å². The summed E-state index contributed by atoms with van der Waals surface area (Å²) in [6, 6.07) is 11.8. The van der Waals surface area contributed by atoms with Gasteiger partial charge in [-0.2, -0.15) is 5.10 Å². The van der Waals surface area contributed by atoms with Crippen LogP contribution in [-0.4, -0.2) is 46.3 Å². The Morgan fingerprint density at radius 1 is 1.20 bits per heavy atom. The molecule has 0 radical (unpaired) electrons. The van der Waals surface area contributed by atoms with Crippen molar-refractivity contribution in [3.8, 4) is 11.3 Å². The maximum atomic E-state index is 13.3. The number of rotatable bonds is 6. The van der Waals surface area contributed by atoms with E-state index < -0.39 is 0 Å². The van der Waals surface area contributed by atoms with E-state index in [4.69, 9.17) is 4.98 Å². The number of pyridine rings is 1. The van der Waals surface area contributed by atoms with Gasteiger partial charge in [0.1, 0.15) is 17.9 Å². The molecule has 176 valence electrons. The van der Waals surface area contributed by atoms with Crippen LogP contribution in [0.15, 0.2) is 73.0 Å². The summed E-state index contributed by atoms with van der Waals surface area (Å²) in [5, 5.41) is 12.7. The average Bonchev–Trinajstić information content (AvgIpc) is 3.66. The molecule has 1 aliphatic rings. The molecule has 0 saturated carbocycles. The molecule has 11 heteroatoms. The van der Waals surface area contributed by atoms with Gasteiger partial charge in [-0.25, -0.2) is 14.6 Å². The molecule has 35 heavy (non-hydrogen) atoms. The summed E-state index contributed by atoms with van der Waals surface area (Å²) >= 11 is 3.19. The second-order valence-electron chi connectivity index (χ2n) is 8.31. The van der Waals surface area contributed by atoms with E-state index in [1.165, 1.54) is 6.33 Å². The number of aromatic nitrogens is 6. The lowest BCUT2D eigenvalue weighted by Crippen LogP contribution is -2.36. The molecule has 3 unspecified atom stereocenters. The monoisotopic (exact) mass is 502 g/mol. The Balaban J connectivity index is 1.23. The Kier molecular flexibility index (Phi) is 5.80. The fraction of sp³-hybridized carbons (Fsp3) is 0.208. The van der Waals surface area contributed by atoms with Crippen LogP contribution >= 0.6 is 23.1 Å². The number of benzene rings is 1. The molecule has 1 saturated heterocycles. The van der Waals surface area contributed by atoms with Gasteiger partial charge in [0.05, 0.1) is 29.0 Å². The van der Waals surface area contributed by atoms with Crippen LogP contribution < -0.4 is 10.6 Å². The van der Waals surface area contributed by atoms with Crippen molar-refractivity contribution in [1.29, 1.82) is 0 Å². The number of hydrogen-bond donors (Lipinski definition) is 2. The molecule has 0 bridgehead atoms. The SMILES string of the molecule is CC1NC(c2cccnc2)SC1C(=O)Nc1ccccc1-c1cn2c(Cn3cncn3)csc2n1. The minimum absolute atomic E-state index is 0.0228. The van der Waals surface area contributed by atoms with Crippen molar-refractivity contribution in [1.82, 2.24) is 34.4 Å². The van der Waals surface area contributed by atoms with E-state index in [0.717, 1.165) is 33.2 Å². The molecule has 1 aliphatic heterocycles. The summed E-state index contributed by atoms with van der Waals surface area (Å²) in [6.07, 6.45) is 8.83. The fourth-order valence-electron chi connectivity index (χ4n) is 4.20. The number of hydrogen-bond acceptors (Lipinski definition) is 8. The third kappa shape index (κ3) is 4.33. The quantitative estimate of drug-likeness (QED) is 0.364. The second kappa shape index (κ2) is 9.25. The molecule has 2 N–H and O–H groups in total. The minimum Gasteiger partial charge on any atom is -0.324 e. The number of thiazole rings is 1. The maximum Gasteiger partial charge on any atom is 0.239 e. The van der Waals surface area contributed by atoms with Gasteiger partial charge in [-0.3, -0.25) is 19.5 Å². The smallest absolute Gasteiger partial charge is 0.239 e. The van der Waals surface area contributed by atoms with Gasteiger partial charge in [0.2, 0.25) is 5.91 Å². The maximum absolute atomic E-state index is 13.3. The zero-order valence-electron chi connectivity index (χ0n) is 18.8. The molecule has 6 rings (SSSR count). The summed E-state index contributed by atoms with van der Waals surface area (Å²) < 4.78 is 3.85. The normalized spacial score (nSPS) is 19.9. The molecule has 1 fully saturated rings. The van der Waals surface area contributed by atoms with Gasteiger partial charge in [-0.1, -0.05) is 24.3 Å². The van der Waals surface area contributed by atoms with Crippen LogP contribution in [0.2, 0.25) is 0 Å². The van der Waals surface area contributed by atoms with Gasteiger partial charge in [0, 0.05) is 35.6 Å². The number of anilines is 1. The zero-order valence-corrected chi connectivity index (χ0v) is 20.4. The van der Waals surface area contributed by atoms with E-state index in [1.807, 2.05) is 55.7 Å². The Bertz CT molecular complexity index is 1460. The number of para-hydroxylation sites is 1. The first-order valence-electron chi connectivity index (χ1n) is 11.2. The van der Waals surface area contributed by atoms with Gasteiger partial charge in [-0.05, 0) is 24.6 Å². The molecule has 9 nitrogen and oxygen atoms in total. The van der Waals surface area contributed by atoms with E-state index in [9.17, 15) is 4.79 Å². The molecular weight excluding hydrogens is 480 g/mol. The third-order valence-corrected chi connectivity index (χ3v) is 8.42. The van der Waals surface area contributed by atoms with E-state index >= 15 is 0 Å². The van der Waals surface area contributed by atoms with Crippen molar-refractivity contribution in [2.24, 2.45) is 0 Å². The molecule has 1 aromatic carbocycles. The topological polar surface area (TPSA) is 102 Å². The van der Waals surface area contributed by atoms with E-state index in [2.05, 4.69) is 35.5 Å². The van der Waals surface area contributed by atoms with Crippen LogP contribution in [0.4, 0.5) is 5.69 Å². The Hall–Kier alpha value is -3.54. The molecule has 0 spiro atoms. The van der Waals surface area contributed by atoms with Gasteiger partial charge in [0.15, 0.2) is 4.96 Å². The van der Waals surface area contributed by atoms with Crippen molar-refractivity contribution in [3.63, 3.8) is 0 Å². The van der Waals surface area contributed by atoms with Crippen LogP contribution in [0.1, 0.15) is 23.6 Å². The first kappa shape index (κ1) is 22.0. The molecule has 5 heterocycles. The van der Waals surface area contributed by atoms with Gasteiger partial charge in [0.25, 0.3) is 0 Å². The summed E-state index contributed by atoms with van der Waals surface area (Å²) in [4.78, 5) is 27.2. The van der Waals surface area contributed by atoms with Crippen LogP contribution in [0.25, 0.3) is 16.2 Å². The molecular formula is C24H22N8OS2. The number of amides is 1. The number of thioether (sulfide) groups is 1. The van der Waals surface area contributed by atoms with Crippen molar-refractivity contribution >= 4 is 39.7 Å². The van der Waals surface area contributed by atoms with Crippen molar-refractivity contribution in [2.45, 2.75) is 30.1 Å². The zero-order chi connectivity index (χ0) is 23.8. The molecule has 5 aromatic rings. The fourth-order valence-corrected chi connectivity index (χ4v) is 6.44. The highest BCUT2D eigenvalue weighted by Gasteiger charge is 2.37. The van der Waals surface area contributed by atoms with Gasteiger partial charge in [-0.15, -0.1) is 23.1 Å². The summed E-state index contributed by atoms with van der Waals surface area (Å²) in [6.45, 7) is 2.65. The van der Waals surface area contributed by atoms with Gasteiger partial charge < -0.3 is 5.32 Å². The molecule has 0 aliphatic carbocycles. The third-order valence-electron chi connectivity index (χ3n) is 5.93. The summed E-state index contributed by atoms with van der Waals surface area (Å²) in [5.41, 5.74) is 4.58. The number of carbonyl (C=O) groups is 1. The standard InChI is InChI=1S/C24H22N8OS2/c1-15-21(35-23(28-15)16-5-4-8-25-9-16)22(33)29-19-7-3-2-6-18(19)20-11-32-17(12-34-24(32)30-20)10-31-14-26-13-27-31/h2-9,11-15,21,23,28H,10H2,1H3,(H,29,33). The van der Waals surface area contributed by atoms with Crippen LogP contribution in [0, 0.1) is 0 Å². The summed E-state index contributed by atoms with van der Waals surface area (Å²) in [7, 11) is 0. The number of imidazole rings is 1. The number of nitrogens with one attached hydrogen (secondary N) is 2. The second-order valence-corrected chi connectivity index (χ2v) is 10.4. The van der Waals surface area contributed by atoms with Crippen LogP contribution in [0.5, 0.6) is 0 Å². The number of nitrogens with zero attached hydrogens (tertiary/aromatic N) is 6. The largest absolute Gasteiger partial charge is 0.324 e. The van der Waals surface area contributed by atoms with Crippen molar-refractivity contribution in [2.75, 3.05) is 5.32 Å². The lowest BCUT2D eigenvalue weighted by molar-refractivity contribution is -0.115. The first-order valence-corrected chi connectivity index (χ1v) is 13.0. The van der Waals surface area contributed by atoms with E-state index in [0.29, 0.717) is 6.54 Å². The predicted molar refractivity (Wildman–Crippen MR) is 137 cm³/mol. The van der Waals surface area contributed by atoms with Crippen LogP contribution in [0.3, 0.4) is 0 Å². The van der Waals surface area contributed by atoms with Crippen LogP contribution in [-0.2, 0) is 11.3 Å². The lowest BCUT2D eigenvalue weighted by Gasteiger charge is -2.15. The summed E-state index contributed by atoms with van der Waals surface area (Å²) in [5.74, 6) is -0.0262. The highest BCUT2D eigenvalue weighted by atomic mass is 32.2. The number of fused-ring (bicyclic) bond motifs is 1. The van der Waals surface area contributed by atoms with Gasteiger partial charge >= 0.3 is 0 Å². The number of carbonyl (C=O) groups excluding carboxylic acids is 1. The molecule has 4 aromatic heterocycles. The van der Waals surface area contributed by atoms with E-state index in [1.54, 1.807) is 40.3 Å². The Morgan fingerprint density at radius 3 is 2.94 bits per heavy atom. The van der Waals surface area contributed by atoms with Crippen molar-refractivity contribution < 1.29 is 4.79 Å². The Labute approximate surface area is 209 Å². The minimum atomic E-state index is -0.229. The first-order chi connectivity index (χ1) is 17.2. The Morgan fingerprint density at radius 2 is 2.11 bits per heavy atom. The predicted octanol–water partition coefficient (Wildman–Crippen LogP) is 3.83. The highest BCUT2D eigenvalue weighted by Crippen LogP contribution is 2.39. The highest BCUT2D eigenvalue weighted by molar-refractivity contribution is 8.01. The molecule has 3 atom stereocenters. The molecule has 1 amide bonds. The average molecular weight is 503 g/mol.